The average Bonchev–Trinajstić information content (AvgIpc) is 2.16. The third-order valence-corrected chi connectivity index (χ3v) is 2.48. The summed E-state index contributed by atoms with van der Waals surface area (Å²) >= 11 is 8.34. The van der Waals surface area contributed by atoms with Crippen LogP contribution < -0.4 is 5.23 Å². The van der Waals surface area contributed by atoms with Crippen LogP contribution in [-0.4, -0.2) is 16.3 Å². The zero-order valence-corrected chi connectivity index (χ0v) is 9.55. The molecule has 0 aliphatic heterocycles. The van der Waals surface area contributed by atoms with Gasteiger partial charge in [-0.3, -0.25) is 10.0 Å². The summed E-state index contributed by atoms with van der Waals surface area (Å²) in [7, 11) is 0. The highest BCUT2D eigenvalue weighted by Gasteiger charge is 2.14. The van der Waals surface area contributed by atoms with E-state index in [-0.39, 0.29) is 21.6 Å². The number of alkyl halides is 1. The van der Waals surface area contributed by atoms with Gasteiger partial charge in [-0.15, -0.1) is 0 Å². The number of carbonyl (C=O) groups is 1. The fourth-order valence-electron chi connectivity index (χ4n) is 0.970. The first kappa shape index (κ1) is 12.4. The summed E-state index contributed by atoms with van der Waals surface area (Å²) in [5, 5.41) is 18.3. The van der Waals surface area contributed by atoms with E-state index in [1.54, 1.807) is 0 Å². The molecule has 1 N–H and O–H groups in total. The van der Waals surface area contributed by atoms with Gasteiger partial charge in [0.2, 0.25) is 0 Å². The number of anilines is 1. The van der Waals surface area contributed by atoms with Crippen LogP contribution in [0.3, 0.4) is 0 Å². The molecule has 0 heterocycles. The molecule has 15 heavy (non-hydrogen) atoms. The van der Waals surface area contributed by atoms with Crippen molar-refractivity contribution in [1.29, 1.82) is 0 Å². The Kier molecular flexibility index (Phi) is 4.04. The monoisotopic (exact) mass is 296 g/mol. The minimum absolute atomic E-state index is 0.0880. The molecule has 0 spiro atoms. The molecule has 0 amide bonds. The fraction of sp³-hybridized carbons (Fsp3) is 0.125. The quantitative estimate of drug-likeness (QED) is 0.529. The maximum absolute atomic E-state index is 13.2. The number of benzene rings is 1. The highest BCUT2D eigenvalue weighted by molar-refractivity contribution is 9.09. The van der Waals surface area contributed by atoms with Crippen LogP contribution in [0.1, 0.15) is 10.4 Å². The van der Waals surface area contributed by atoms with Crippen molar-refractivity contribution in [1.82, 2.24) is 0 Å². The van der Waals surface area contributed by atoms with Crippen molar-refractivity contribution in [3.63, 3.8) is 0 Å². The summed E-state index contributed by atoms with van der Waals surface area (Å²) in [5.74, 6) is -1.39. The third kappa shape index (κ3) is 2.66. The number of hydrogen-bond donors (Lipinski definition) is 1. The topological polar surface area (TPSA) is 63.6 Å². The first-order valence-corrected chi connectivity index (χ1v) is 5.21. The van der Waals surface area contributed by atoms with E-state index in [0.29, 0.717) is 0 Å². The van der Waals surface area contributed by atoms with E-state index in [0.717, 1.165) is 12.1 Å². The predicted octanol–water partition coefficient (Wildman–Crippen LogP) is 2.75. The van der Waals surface area contributed by atoms with Gasteiger partial charge < -0.3 is 10.4 Å². The molecular formula is C8H5BrClFNO3-. The Morgan fingerprint density at radius 2 is 2.27 bits per heavy atom. The van der Waals surface area contributed by atoms with Crippen molar-refractivity contribution >= 4 is 39.0 Å². The second-order valence-electron chi connectivity index (χ2n) is 2.61. The fourth-order valence-corrected chi connectivity index (χ4v) is 1.49. The molecule has 0 aliphatic carbocycles. The van der Waals surface area contributed by atoms with Crippen LogP contribution in [0.15, 0.2) is 12.1 Å². The number of rotatable bonds is 3. The van der Waals surface area contributed by atoms with E-state index in [2.05, 4.69) is 15.9 Å². The van der Waals surface area contributed by atoms with Crippen LogP contribution in [0.4, 0.5) is 10.1 Å². The predicted molar refractivity (Wildman–Crippen MR) is 57.2 cm³/mol. The van der Waals surface area contributed by atoms with Gasteiger partial charge in [0.25, 0.3) is 0 Å². The summed E-state index contributed by atoms with van der Waals surface area (Å²) in [5.41, 5.74) is -0.677. The zero-order valence-electron chi connectivity index (χ0n) is 7.21. The van der Waals surface area contributed by atoms with Crippen molar-refractivity contribution in [3.8, 4) is 0 Å². The summed E-state index contributed by atoms with van der Waals surface area (Å²) in [4.78, 5) is 11.2. The van der Waals surface area contributed by atoms with Gasteiger partial charge in [-0.05, 0) is 12.1 Å². The first-order chi connectivity index (χ1) is 6.97. The lowest BCUT2D eigenvalue weighted by atomic mass is 10.1. The molecule has 4 nitrogen and oxygen atoms in total. The van der Waals surface area contributed by atoms with Gasteiger partial charge in [0.05, 0.1) is 21.6 Å². The third-order valence-electron chi connectivity index (χ3n) is 1.66. The SMILES string of the molecule is O=C(CBr)c1cc(N([O-])O)c(Cl)cc1F. The normalized spacial score (nSPS) is 10.2. The van der Waals surface area contributed by atoms with Gasteiger partial charge in [-0.2, -0.15) is 0 Å². The molecule has 1 rings (SSSR count). The Hall–Kier alpha value is -0.690. The second-order valence-corrected chi connectivity index (χ2v) is 3.58. The average molecular weight is 297 g/mol. The van der Waals surface area contributed by atoms with Crippen LogP contribution in [0.2, 0.25) is 5.02 Å². The minimum atomic E-state index is -0.838. The summed E-state index contributed by atoms with van der Waals surface area (Å²) in [6.45, 7) is 0. The molecule has 0 fully saturated rings. The molecule has 0 radical (unpaired) electrons. The molecule has 0 aromatic heterocycles. The molecule has 0 atom stereocenters. The van der Waals surface area contributed by atoms with E-state index >= 15 is 0 Å². The molecule has 7 heteroatoms. The van der Waals surface area contributed by atoms with Crippen molar-refractivity contribution in [2.24, 2.45) is 0 Å². The smallest absolute Gasteiger partial charge is 0.176 e. The number of Topliss-reactive ketones (excluding diaryl/α,β-unsaturated/α-hetero) is 1. The van der Waals surface area contributed by atoms with E-state index in [9.17, 15) is 14.4 Å². The van der Waals surface area contributed by atoms with Gasteiger partial charge in [-0.1, -0.05) is 27.5 Å². The van der Waals surface area contributed by atoms with Gasteiger partial charge in [-0.25, -0.2) is 4.39 Å². The molecule has 0 aliphatic rings. The largest absolute Gasteiger partial charge is 0.733 e. The molecule has 1 aromatic carbocycles. The van der Waals surface area contributed by atoms with Gasteiger partial charge >= 0.3 is 0 Å². The van der Waals surface area contributed by atoms with Gasteiger partial charge in [0, 0.05) is 0 Å². The molecule has 0 saturated heterocycles. The van der Waals surface area contributed by atoms with Crippen molar-refractivity contribution in [3.05, 3.63) is 33.7 Å². The molecular weight excluding hydrogens is 292 g/mol. The lowest BCUT2D eigenvalue weighted by Crippen LogP contribution is -2.11. The highest BCUT2D eigenvalue weighted by atomic mass is 79.9. The van der Waals surface area contributed by atoms with Crippen LogP contribution in [-0.2, 0) is 0 Å². The van der Waals surface area contributed by atoms with Crippen LogP contribution >= 0.6 is 27.5 Å². The summed E-state index contributed by atoms with van der Waals surface area (Å²) < 4.78 is 13.2. The first-order valence-electron chi connectivity index (χ1n) is 3.71. The van der Waals surface area contributed by atoms with Gasteiger partial charge in [0.15, 0.2) is 5.78 Å². The molecule has 0 saturated carbocycles. The summed E-state index contributed by atoms with van der Waals surface area (Å²) in [6, 6.07) is 1.70. The Labute approximate surface area is 97.9 Å². The van der Waals surface area contributed by atoms with Gasteiger partial charge in [0.1, 0.15) is 5.82 Å². The Morgan fingerprint density at radius 1 is 1.67 bits per heavy atom. The molecule has 1 aromatic rings. The lowest BCUT2D eigenvalue weighted by molar-refractivity contribution is 0.102. The lowest BCUT2D eigenvalue weighted by Gasteiger charge is -2.23. The second kappa shape index (κ2) is 4.89. The van der Waals surface area contributed by atoms with Crippen LogP contribution in [0.5, 0.6) is 0 Å². The maximum atomic E-state index is 13.2. The maximum Gasteiger partial charge on any atom is 0.176 e. The standard InChI is InChI=1S/C8H5BrClFNO3/c9-3-8(13)4-1-7(12(14)15)5(10)2-6(4)11/h1-2,14H,3H2/q-1. The Morgan fingerprint density at radius 3 is 2.73 bits per heavy atom. The van der Waals surface area contributed by atoms with E-state index in [4.69, 9.17) is 16.8 Å². The zero-order chi connectivity index (χ0) is 11.6. The Bertz CT molecular complexity index is 400. The summed E-state index contributed by atoms with van der Waals surface area (Å²) in [6.07, 6.45) is 0. The number of ketones is 1. The minimum Gasteiger partial charge on any atom is -0.733 e. The van der Waals surface area contributed by atoms with Crippen molar-refractivity contribution in [2.75, 3.05) is 10.6 Å². The number of halogens is 3. The van der Waals surface area contributed by atoms with Crippen molar-refractivity contribution in [2.45, 2.75) is 0 Å². The van der Waals surface area contributed by atoms with E-state index in [1.165, 1.54) is 0 Å². The van der Waals surface area contributed by atoms with E-state index < -0.39 is 16.8 Å². The van der Waals surface area contributed by atoms with Crippen molar-refractivity contribution < 1.29 is 14.4 Å². The Balaban J connectivity index is 3.29. The van der Waals surface area contributed by atoms with E-state index in [1.807, 2.05) is 0 Å². The number of carbonyl (C=O) groups excluding carboxylic acids is 1. The number of hydrogen-bond acceptors (Lipinski definition) is 4. The molecule has 0 unspecified atom stereocenters. The molecule has 82 valence electrons. The van der Waals surface area contributed by atoms with Crippen LogP contribution in [0, 0.1) is 11.0 Å². The highest BCUT2D eigenvalue weighted by Crippen LogP contribution is 2.28. The van der Waals surface area contributed by atoms with Crippen LogP contribution in [0.25, 0.3) is 0 Å². The number of nitrogens with zero attached hydrogens (tertiary/aromatic N) is 1. The molecule has 0 bridgehead atoms.